The van der Waals surface area contributed by atoms with Gasteiger partial charge in [0.25, 0.3) is 0 Å². The Bertz CT molecular complexity index is 566. The number of sulfonamides is 1. The highest BCUT2D eigenvalue weighted by Crippen LogP contribution is 2.28. The van der Waals surface area contributed by atoms with E-state index in [0.29, 0.717) is 18.8 Å². The number of nitrogens with two attached hydrogens (primary N) is 1. The van der Waals surface area contributed by atoms with Crippen molar-refractivity contribution in [2.24, 2.45) is 0 Å². The molecule has 1 aromatic rings. The summed E-state index contributed by atoms with van der Waals surface area (Å²) in [6.45, 7) is 4.35. The molecule has 2 N–H and O–H groups in total. The van der Waals surface area contributed by atoms with Crippen molar-refractivity contribution in [3.63, 3.8) is 0 Å². The predicted octanol–water partition coefficient (Wildman–Crippen LogP) is 1.72. The van der Waals surface area contributed by atoms with Gasteiger partial charge in [-0.05, 0) is 32.0 Å². The molecule has 1 aromatic carbocycles. The van der Waals surface area contributed by atoms with E-state index in [-0.39, 0.29) is 22.1 Å². The van der Waals surface area contributed by atoms with Crippen LogP contribution in [-0.4, -0.2) is 38.0 Å². The SMILES string of the molecule is CC1CN(S(=O)(=O)c2ccc(N)cc2Cl)CC(C)O1. The van der Waals surface area contributed by atoms with E-state index in [0.717, 1.165) is 0 Å². The van der Waals surface area contributed by atoms with Gasteiger partial charge in [0.15, 0.2) is 0 Å². The lowest BCUT2D eigenvalue weighted by atomic mass is 10.3. The third-order valence-corrected chi connectivity index (χ3v) is 5.27. The van der Waals surface area contributed by atoms with Gasteiger partial charge in [0.05, 0.1) is 17.2 Å². The Morgan fingerprint density at radius 3 is 2.42 bits per heavy atom. The maximum absolute atomic E-state index is 12.6. The van der Waals surface area contributed by atoms with E-state index >= 15 is 0 Å². The van der Waals surface area contributed by atoms with Crippen LogP contribution in [0.3, 0.4) is 0 Å². The van der Waals surface area contributed by atoms with Gasteiger partial charge in [-0.1, -0.05) is 11.6 Å². The van der Waals surface area contributed by atoms with Crippen molar-refractivity contribution in [3.8, 4) is 0 Å². The third kappa shape index (κ3) is 3.02. The molecule has 0 spiro atoms. The number of anilines is 1. The first kappa shape index (κ1) is 14.6. The van der Waals surface area contributed by atoms with Crippen LogP contribution < -0.4 is 5.73 Å². The summed E-state index contributed by atoms with van der Waals surface area (Å²) in [4.78, 5) is 0.0877. The standard InChI is InChI=1S/C12H17ClN2O3S/c1-8-6-15(7-9(2)18-8)19(16,17)12-4-3-10(14)5-11(12)13/h3-5,8-9H,6-7,14H2,1-2H3. The molecule has 0 radical (unpaired) electrons. The summed E-state index contributed by atoms with van der Waals surface area (Å²) in [5.74, 6) is 0. The van der Waals surface area contributed by atoms with Crippen molar-refractivity contribution >= 4 is 27.3 Å². The molecule has 2 atom stereocenters. The van der Waals surface area contributed by atoms with Crippen molar-refractivity contribution in [3.05, 3.63) is 23.2 Å². The summed E-state index contributed by atoms with van der Waals surface area (Å²) in [7, 11) is -3.61. The normalized spacial score (nSPS) is 25.4. The molecule has 1 fully saturated rings. The molecular formula is C12H17ClN2O3S. The summed E-state index contributed by atoms with van der Waals surface area (Å²) in [6.07, 6.45) is -0.267. The fraction of sp³-hybridized carbons (Fsp3) is 0.500. The Morgan fingerprint density at radius 2 is 1.89 bits per heavy atom. The second-order valence-electron chi connectivity index (χ2n) is 4.77. The maximum atomic E-state index is 12.6. The lowest BCUT2D eigenvalue weighted by Crippen LogP contribution is -2.48. The van der Waals surface area contributed by atoms with Gasteiger partial charge in [-0.2, -0.15) is 4.31 Å². The lowest BCUT2D eigenvalue weighted by molar-refractivity contribution is -0.0440. The van der Waals surface area contributed by atoms with Crippen molar-refractivity contribution in [2.75, 3.05) is 18.8 Å². The van der Waals surface area contributed by atoms with E-state index in [4.69, 9.17) is 22.1 Å². The van der Waals surface area contributed by atoms with Gasteiger partial charge in [-0.15, -0.1) is 0 Å². The second kappa shape index (κ2) is 5.28. The average Bonchev–Trinajstić information content (AvgIpc) is 2.26. The molecule has 0 bridgehead atoms. The van der Waals surface area contributed by atoms with E-state index in [1.165, 1.54) is 22.5 Å². The molecule has 1 aliphatic rings. The van der Waals surface area contributed by atoms with Crippen LogP contribution in [0.5, 0.6) is 0 Å². The predicted molar refractivity (Wildman–Crippen MR) is 74.6 cm³/mol. The zero-order valence-corrected chi connectivity index (χ0v) is 12.4. The Morgan fingerprint density at radius 1 is 1.32 bits per heavy atom. The number of ether oxygens (including phenoxy) is 1. The van der Waals surface area contributed by atoms with Crippen LogP contribution in [0.25, 0.3) is 0 Å². The molecular weight excluding hydrogens is 288 g/mol. The van der Waals surface area contributed by atoms with Gasteiger partial charge in [0.2, 0.25) is 10.0 Å². The van der Waals surface area contributed by atoms with E-state index < -0.39 is 10.0 Å². The smallest absolute Gasteiger partial charge is 0.244 e. The van der Waals surface area contributed by atoms with Gasteiger partial charge >= 0.3 is 0 Å². The number of rotatable bonds is 2. The van der Waals surface area contributed by atoms with Gasteiger partial charge in [-0.3, -0.25) is 0 Å². The van der Waals surface area contributed by atoms with Crippen molar-refractivity contribution in [1.29, 1.82) is 0 Å². The van der Waals surface area contributed by atoms with Crippen LogP contribution in [0.1, 0.15) is 13.8 Å². The number of nitrogens with zero attached hydrogens (tertiary/aromatic N) is 1. The minimum absolute atomic E-state index is 0.0877. The monoisotopic (exact) mass is 304 g/mol. The minimum atomic E-state index is -3.61. The van der Waals surface area contributed by atoms with Crippen LogP contribution in [0.4, 0.5) is 5.69 Å². The van der Waals surface area contributed by atoms with Crippen LogP contribution in [0.2, 0.25) is 5.02 Å². The first-order valence-corrected chi connectivity index (χ1v) is 7.83. The van der Waals surface area contributed by atoms with E-state index in [1.54, 1.807) is 0 Å². The van der Waals surface area contributed by atoms with Gasteiger partial charge < -0.3 is 10.5 Å². The number of morpholine rings is 1. The molecule has 5 nitrogen and oxygen atoms in total. The first-order valence-electron chi connectivity index (χ1n) is 6.01. The molecule has 1 aliphatic heterocycles. The Kier molecular flexibility index (Phi) is 4.06. The number of benzene rings is 1. The molecule has 106 valence electrons. The zero-order chi connectivity index (χ0) is 14.2. The van der Waals surface area contributed by atoms with E-state index in [2.05, 4.69) is 0 Å². The quantitative estimate of drug-likeness (QED) is 0.844. The molecule has 0 saturated carbocycles. The largest absolute Gasteiger partial charge is 0.399 e. The Labute approximate surface area is 118 Å². The summed E-state index contributed by atoms with van der Waals surface area (Å²) >= 11 is 5.99. The van der Waals surface area contributed by atoms with Gasteiger partial charge in [-0.25, -0.2) is 8.42 Å². The molecule has 1 heterocycles. The zero-order valence-electron chi connectivity index (χ0n) is 10.8. The highest BCUT2D eigenvalue weighted by Gasteiger charge is 2.33. The summed E-state index contributed by atoms with van der Waals surface area (Å²) in [5, 5.41) is 0.145. The van der Waals surface area contributed by atoms with Gasteiger partial charge in [0.1, 0.15) is 4.90 Å². The molecule has 7 heteroatoms. The van der Waals surface area contributed by atoms with Crippen LogP contribution in [0, 0.1) is 0 Å². The molecule has 2 rings (SSSR count). The summed E-state index contributed by atoms with van der Waals surface area (Å²) < 4.78 is 32.1. The minimum Gasteiger partial charge on any atom is -0.399 e. The third-order valence-electron chi connectivity index (χ3n) is 2.96. The fourth-order valence-electron chi connectivity index (χ4n) is 2.19. The number of hydrogen-bond acceptors (Lipinski definition) is 4. The number of hydrogen-bond donors (Lipinski definition) is 1. The van der Waals surface area contributed by atoms with Gasteiger partial charge in [0, 0.05) is 18.8 Å². The molecule has 0 aromatic heterocycles. The fourth-order valence-corrected chi connectivity index (χ4v) is 4.31. The second-order valence-corrected chi connectivity index (χ2v) is 7.08. The molecule has 1 saturated heterocycles. The maximum Gasteiger partial charge on any atom is 0.244 e. The molecule has 0 amide bonds. The summed E-state index contributed by atoms with van der Waals surface area (Å²) in [5.41, 5.74) is 6.02. The van der Waals surface area contributed by atoms with Crippen LogP contribution >= 0.6 is 11.6 Å². The first-order chi connectivity index (χ1) is 8.80. The Hall–Kier alpha value is -0.820. The van der Waals surface area contributed by atoms with Crippen molar-refractivity contribution in [2.45, 2.75) is 31.0 Å². The van der Waals surface area contributed by atoms with Crippen molar-refractivity contribution in [1.82, 2.24) is 4.31 Å². The molecule has 0 aliphatic carbocycles. The topological polar surface area (TPSA) is 72.6 Å². The molecule has 19 heavy (non-hydrogen) atoms. The van der Waals surface area contributed by atoms with E-state index in [1.807, 2.05) is 13.8 Å². The lowest BCUT2D eigenvalue weighted by Gasteiger charge is -2.34. The van der Waals surface area contributed by atoms with Crippen molar-refractivity contribution < 1.29 is 13.2 Å². The highest BCUT2D eigenvalue weighted by atomic mass is 35.5. The van der Waals surface area contributed by atoms with Crippen LogP contribution in [-0.2, 0) is 14.8 Å². The highest BCUT2D eigenvalue weighted by molar-refractivity contribution is 7.89. The molecule has 2 unspecified atom stereocenters. The number of nitrogen functional groups attached to an aromatic ring is 1. The summed E-state index contributed by atoms with van der Waals surface area (Å²) in [6, 6.07) is 4.42. The average molecular weight is 305 g/mol. The van der Waals surface area contributed by atoms with Crippen LogP contribution in [0.15, 0.2) is 23.1 Å². The van der Waals surface area contributed by atoms with E-state index in [9.17, 15) is 8.42 Å². The Balaban J connectivity index is 2.36. The number of halogens is 1.